The summed E-state index contributed by atoms with van der Waals surface area (Å²) in [4.78, 5) is 8.32. The van der Waals surface area contributed by atoms with Crippen LogP contribution < -0.4 is 5.32 Å². The maximum absolute atomic E-state index is 5.21. The second kappa shape index (κ2) is 4.58. The van der Waals surface area contributed by atoms with Crippen molar-refractivity contribution in [3.63, 3.8) is 0 Å². The van der Waals surface area contributed by atoms with Crippen molar-refractivity contribution in [2.45, 2.75) is 26.4 Å². The van der Waals surface area contributed by atoms with Gasteiger partial charge in [0.25, 0.3) is 0 Å². The number of aryl methyl sites for hydroxylation is 1. The highest BCUT2D eigenvalue weighted by Crippen LogP contribution is 1.93. The topological polar surface area (TPSA) is 37.8 Å². The molecular weight excluding hydrogens is 162 g/mol. The molecule has 13 heavy (non-hydrogen) atoms. The molecule has 68 valence electrons. The third-order valence-electron chi connectivity index (χ3n) is 1.67. The second-order valence-electron chi connectivity index (χ2n) is 2.92. The van der Waals surface area contributed by atoms with Crippen LogP contribution in [0.3, 0.4) is 0 Å². The fourth-order valence-corrected chi connectivity index (χ4v) is 0.827. The number of hydrogen-bond acceptors (Lipinski definition) is 3. The summed E-state index contributed by atoms with van der Waals surface area (Å²) in [5, 5.41) is 3.13. The summed E-state index contributed by atoms with van der Waals surface area (Å²) in [5.74, 6) is 2.59. The van der Waals surface area contributed by atoms with Crippen molar-refractivity contribution >= 4 is 0 Å². The van der Waals surface area contributed by atoms with E-state index >= 15 is 0 Å². The van der Waals surface area contributed by atoms with Crippen molar-refractivity contribution in [2.24, 2.45) is 0 Å². The molecule has 0 fully saturated rings. The molecular formula is C10H13N3. The van der Waals surface area contributed by atoms with Crippen molar-refractivity contribution in [1.82, 2.24) is 15.3 Å². The minimum Gasteiger partial charge on any atom is -0.298 e. The molecule has 3 heteroatoms. The van der Waals surface area contributed by atoms with Gasteiger partial charge in [-0.1, -0.05) is 5.92 Å². The predicted octanol–water partition coefficient (Wildman–Crippen LogP) is 0.896. The van der Waals surface area contributed by atoms with Gasteiger partial charge in [0.05, 0.1) is 17.4 Å². The molecule has 1 aromatic heterocycles. The van der Waals surface area contributed by atoms with Gasteiger partial charge in [-0.05, 0) is 13.8 Å². The zero-order valence-electron chi connectivity index (χ0n) is 7.91. The lowest BCUT2D eigenvalue weighted by Gasteiger charge is -2.05. The molecule has 0 bridgehead atoms. The molecule has 0 aromatic carbocycles. The Kier molecular flexibility index (Phi) is 3.41. The van der Waals surface area contributed by atoms with E-state index in [-0.39, 0.29) is 6.04 Å². The van der Waals surface area contributed by atoms with Gasteiger partial charge in [-0.2, -0.15) is 0 Å². The molecule has 0 saturated carbocycles. The molecule has 0 aliphatic carbocycles. The van der Waals surface area contributed by atoms with E-state index in [1.54, 1.807) is 12.4 Å². The molecule has 1 atom stereocenters. The summed E-state index contributed by atoms with van der Waals surface area (Å²) in [5.41, 5.74) is 1.83. The van der Waals surface area contributed by atoms with Gasteiger partial charge in [0.15, 0.2) is 0 Å². The van der Waals surface area contributed by atoms with Crippen LogP contribution in [-0.4, -0.2) is 16.0 Å². The summed E-state index contributed by atoms with van der Waals surface area (Å²) in [7, 11) is 0. The summed E-state index contributed by atoms with van der Waals surface area (Å²) in [6.07, 6.45) is 8.71. The van der Waals surface area contributed by atoms with E-state index in [0.717, 1.165) is 11.4 Å². The van der Waals surface area contributed by atoms with Crippen LogP contribution in [0.1, 0.15) is 18.3 Å². The number of rotatable bonds is 3. The first kappa shape index (κ1) is 9.69. The summed E-state index contributed by atoms with van der Waals surface area (Å²) < 4.78 is 0. The molecule has 0 saturated heterocycles. The van der Waals surface area contributed by atoms with E-state index in [1.807, 2.05) is 13.8 Å². The molecule has 0 amide bonds. The lowest BCUT2D eigenvalue weighted by atomic mass is 10.3. The SMILES string of the molecule is C#CC(C)NCc1cnc(C)cn1. The molecule has 0 spiro atoms. The third kappa shape index (κ3) is 3.22. The Balaban J connectivity index is 2.47. The van der Waals surface area contributed by atoms with Crippen molar-refractivity contribution in [3.05, 3.63) is 23.8 Å². The Morgan fingerprint density at radius 1 is 1.54 bits per heavy atom. The van der Waals surface area contributed by atoms with Gasteiger partial charge in [-0.15, -0.1) is 6.42 Å². The van der Waals surface area contributed by atoms with Gasteiger partial charge in [0.1, 0.15) is 0 Å². The Hall–Kier alpha value is -1.40. The van der Waals surface area contributed by atoms with E-state index in [2.05, 4.69) is 21.2 Å². The molecule has 3 nitrogen and oxygen atoms in total. The van der Waals surface area contributed by atoms with Gasteiger partial charge in [0, 0.05) is 18.9 Å². The third-order valence-corrected chi connectivity index (χ3v) is 1.67. The molecule has 1 heterocycles. The highest BCUT2D eigenvalue weighted by Gasteiger charge is 1.97. The smallest absolute Gasteiger partial charge is 0.0725 e. The summed E-state index contributed by atoms with van der Waals surface area (Å²) in [6.45, 7) is 4.51. The molecule has 0 aliphatic rings. The van der Waals surface area contributed by atoms with Gasteiger partial charge in [-0.25, -0.2) is 0 Å². The lowest BCUT2D eigenvalue weighted by molar-refractivity contribution is 0.635. The lowest BCUT2D eigenvalue weighted by Crippen LogP contribution is -2.24. The van der Waals surface area contributed by atoms with Crippen molar-refractivity contribution in [2.75, 3.05) is 0 Å². The highest BCUT2D eigenvalue weighted by atomic mass is 14.9. The summed E-state index contributed by atoms with van der Waals surface area (Å²) >= 11 is 0. The van der Waals surface area contributed by atoms with Crippen molar-refractivity contribution in [1.29, 1.82) is 0 Å². The van der Waals surface area contributed by atoms with Gasteiger partial charge >= 0.3 is 0 Å². The molecule has 0 radical (unpaired) electrons. The van der Waals surface area contributed by atoms with Crippen LogP contribution in [0.5, 0.6) is 0 Å². The number of aromatic nitrogens is 2. The quantitative estimate of drug-likeness (QED) is 0.693. The number of nitrogens with zero attached hydrogens (tertiary/aromatic N) is 2. The van der Waals surface area contributed by atoms with Crippen LogP contribution in [0.4, 0.5) is 0 Å². The average Bonchev–Trinajstić information content (AvgIpc) is 2.16. The van der Waals surface area contributed by atoms with E-state index < -0.39 is 0 Å². The number of terminal acetylenes is 1. The Morgan fingerprint density at radius 3 is 2.85 bits per heavy atom. The minimum atomic E-state index is 0.0723. The zero-order chi connectivity index (χ0) is 9.68. The van der Waals surface area contributed by atoms with Crippen LogP contribution in [0, 0.1) is 19.3 Å². The minimum absolute atomic E-state index is 0.0723. The number of hydrogen-bond donors (Lipinski definition) is 1. The van der Waals surface area contributed by atoms with E-state index in [4.69, 9.17) is 6.42 Å². The maximum Gasteiger partial charge on any atom is 0.0725 e. The largest absolute Gasteiger partial charge is 0.298 e. The van der Waals surface area contributed by atoms with Gasteiger partial charge < -0.3 is 0 Å². The summed E-state index contributed by atoms with van der Waals surface area (Å²) in [6, 6.07) is 0.0723. The monoisotopic (exact) mass is 175 g/mol. The van der Waals surface area contributed by atoms with Crippen LogP contribution in [0.25, 0.3) is 0 Å². The first-order chi connectivity index (χ1) is 6.22. The Labute approximate surface area is 78.6 Å². The number of nitrogens with one attached hydrogen (secondary N) is 1. The van der Waals surface area contributed by atoms with Crippen molar-refractivity contribution < 1.29 is 0 Å². The Morgan fingerprint density at radius 2 is 2.31 bits per heavy atom. The first-order valence-corrected chi connectivity index (χ1v) is 4.19. The van der Waals surface area contributed by atoms with Crippen LogP contribution >= 0.6 is 0 Å². The van der Waals surface area contributed by atoms with E-state index in [0.29, 0.717) is 6.54 Å². The Bertz CT molecular complexity index is 297. The molecule has 1 aromatic rings. The standard InChI is InChI=1S/C10H13N3/c1-4-8(2)11-6-10-7-12-9(3)5-13-10/h1,5,7-8,11H,6H2,2-3H3. The van der Waals surface area contributed by atoms with Crippen LogP contribution in [0.2, 0.25) is 0 Å². The second-order valence-corrected chi connectivity index (χ2v) is 2.92. The first-order valence-electron chi connectivity index (χ1n) is 4.19. The molecule has 1 N–H and O–H groups in total. The van der Waals surface area contributed by atoms with E-state index in [9.17, 15) is 0 Å². The fraction of sp³-hybridized carbons (Fsp3) is 0.400. The average molecular weight is 175 g/mol. The van der Waals surface area contributed by atoms with Crippen molar-refractivity contribution in [3.8, 4) is 12.3 Å². The maximum atomic E-state index is 5.21. The van der Waals surface area contributed by atoms with Crippen LogP contribution in [0.15, 0.2) is 12.4 Å². The predicted molar refractivity (Wildman–Crippen MR) is 51.9 cm³/mol. The van der Waals surface area contributed by atoms with Gasteiger partial charge in [-0.3, -0.25) is 15.3 Å². The zero-order valence-corrected chi connectivity index (χ0v) is 7.91. The van der Waals surface area contributed by atoms with Crippen LogP contribution in [-0.2, 0) is 6.54 Å². The van der Waals surface area contributed by atoms with E-state index in [1.165, 1.54) is 0 Å². The highest BCUT2D eigenvalue weighted by molar-refractivity contribution is 5.02. The molecule has 1 unspecified atom stereocenters. The normalized spacial score (nSPS) is 12.1. The van der Waals surface area contributed by atoms with Gasteiger partial charge in [0.2, 0.25) is 0 Å². The fourth-order valence-electron chi connectivity index (χ4n) is 0.827. The molecule has 0 aliphatic heterocycles. The molecule has 1 rings (SSSR count).